The van der Waals surface area contributed by atoms with Gasteiger partial charge in [0.15, 0.2) is 0 Å². The zero-order valence-corrected chi connectivity index (χ0v) is 8.72. The van der Waals surface area contributed by atoms with Crippen LogP contribution >= 0.6 is 7.82 Å². The molecule has 0 aliphatic rings. The monoisotopic (exact) mass is 235 g/mol. The Labute approximate surface area is 85.3 Å². The fraction of sp³-hybridized carbons (Fsp3) is 0.333. The van der Waals surface area contributed by atoms with Crippen LogP contribution in [0.3, 0.4) is 0 Å². The van der Waals surface area contributed by atoms with Crippen LogP contribution in [0.1, 0.15) is 5.56 Å². The summed E-state index contributed by atoms with van der Waals surface area (Å²) in [6.45, 7) is -0.361. The first-order valence-electron chi connectivity index (χ1n) is 3.78. The van der Waals surface area contributed by atoms with Crippen LogP contribution in [0, 0.1) is 0 Å². The Bertz CT molecular complexity index is 392. The molecule has 1 aromatic heterocycles. The van der Waals surface area contributed by atoms with Crippen LogP contribution in [0.15, 0.2) is 6.20 Å². The molecule has 1 heterocycles. The molecule has 0 amide bonds. The van der Waals surface area contributed by atoms with E-state index in [1.54, 1.807) is 0 Å². The molecule has 0 saturated heterocycles. The maximum absolute atomic E-state index is 10.4. The number of ether oxygens (including phenoxy) is 1. The molecular weight excluding hydrogens is 225 g/mol. The third-order valence-corrected chi connectivity index (χ3v) is 1.91. The second-order valence-corrected chi connectivity index (χ2v) is 3.77. The van der Waals surface area contributed by atoms with Gasteiger partial charge in [0.1, 0.15) is 5.82 Å². The lowest BCUT2D eigenvalue weighted by Crippen LogP contribution is -2.03. The molecule has 0 aliphatic carbocycles. The molecule has 8 nitrogen and oxygen atoms in total. The van der Waals surface area contributed by atoms with Gasteiger partial charge in [-0.2, -0.15) is 4.98 Å². The van der Waals surface area contributed by atoms with Crippen LogP contribution in [0.25, 0.3) is 0 Å². The molecule has 1 rings (SSSR count). The first-order chi connectivity index (χ1) is 6.92. The van der Waals surface area contributed by atoms with Gasteiger partial charge in [-0.1, -0.05) is 0 Å². The third-order valence-electron chi connectivity index (χ3n) is 1.45. The van der Waals surface area contributed by atoms with Gasteiger partial charge < -0.3 is 20.3 Å². The van der Waals surface area contributed by atoms with Crippen molar-refractivity contribution in [2.45, 2.75) is 6.61 Å². The number of hydrogen-bond acceptors (Lipinski definition) is 6. The summed E-state index contributed by atoms with van der Waals surface area (Å²) in [6.07, 6.45) is 1.27. The first kappa shape index (κ1) is 11.9. The summed E-state index contributed by atoms with van der Waals surface area (Å²) in [7, 11) is -3.14. The highest BCUT2D eigenvalue weighted by atomic mass is 31.2. The van der Waals surface area contributed by atoms with Crippen molar-refractivity contribution in [1.82, 2.24) is 9.97 Å². The zero-order chi connectivity index (χ0) is 11.5. The molecule has 0 unspecified atom stereocenters. The lowest BCUT2D eigenvalue weighted by atomic mass is 10.3. The highest BCUT2D eigenvalue weighted by molar-refractivity contribution is 7.46. The largest absolute Gasteiger partial charge is 0.469 e. The van der Waals surface area contributed by atoms with Crippen LogP contribution in [-0.2, 0) is 15.7 Å². The van der Waals surface area contributed by atoms with E-state index in [1.165, 1.54) is 13.3 Å². The van der Waals surface area contributed by atoms with Gasteiger partial charge >= 0.3 is 13.8 Å². The molecule has 84 valence electrons. The van der Waals surface area contributed by atoms with Gasteiger partial charge in [-0.05, 0) is 0 Å². The van der Waals surface area contributed by atoms with Crippen LogP contribution in [0.5, 0.6) is 6.01 Å². The summed E-state index contributed by atoms with van der Waals surface area (Å²) >= 11 is 0. The normalized spacial score (nSPS) is 11.4. The number of nitrogens with zero attached hydrogens (tertiary/aromatic N) is 2. The molecule has 0 aromatic carbocycles. The highest BCUT2D eigenvalue weighted by Gasteiger charge is 2.15. The van der Waals surface area contributed by atoms with Crippen molar-refractivity contribution in [1.29, 1.82) is 0 Å². The number of phosphoric acid groups is 1. The Balaban J connectivity index is 2.74. The minimum Gasteiger partial charge on any atom is -0.467 e. The second kappa shape index (κ2) is 4.54. The molecule has 9 heteroatoms. The van der Waals surface area contributed by atoms with E-state index < -0.39 is 7.82 Å². The summed E-state index contributed by atoms with van der Waals surface area (Å²) in [5.74, 6) is 0.0512. The number of anilines is 1. The summed E-state index contributed by atoms with van der Waals surface area (Å²) in [4.78, 5) is 24.3. The van der Waals surface area contributed by atoms with Gasteiger partial charge in [0, 0.05) is 11.8 Å². The van der Waals surface area contributed by atoms with Crippen LogP contribution in [0.4, 0.5) is 5.82 Å². The number of nitrogens with two attached hydrogens (primary N) is 1. The standard InChI is InChI=1S/C6H10N3O5P/c1-13-6-8-2-4(5(7)9-6)3-14-15(10,11)12/h2H,3H2,1H3,(H2,7,8,9)(H2,10,11,12). The Hall–Kier alpha value is -1.21. The third kappa shape index (κ3) is 3.80. The molecule has 1 aromatic rings. The van der Waals surface area contributed by atoms with Crippen molar-refractivity contribution in [3.63, 3.8) is 0 Å². The fourth-order valence-electron chi connectivity index (χ4n) is 0.766. The van der Waals surface area contributed by atoms with Gasteiger partial charge in [-0.25, -0.2) is 9.55 Å². The molecule has 0 atom stereocenters. The number of nitrogen functional groups attached to an aromatic ring is 1. The minimum absolute atomic E-state index is 0.0512. The van der Waals surface area contributed by atoms with E-state index in [4.69, 9.17) is 20.3 Å². The Morgan fingerprint density at radius 1 is 1.60 bits per heavy atom. The van der Waals surface area contributed by atoms with Gasteiger partial charge in [-0.3, -0.25) is 4.52 Å². The SMILES string of the molecule is COc1ncc(COP(=O)(O)O)c(N)n1. The Kier molecular flexibility index (Phi) is 3.59. The van der Waals surface area contributed by atoms with Crippen molar-refractivity contribution in [3.05, 3.63) is 11.8 Å². The van der Waals surface area contributed by atoms with E-state index in [9.17, 15) is 4.57 Å². The Morgan fingerprint density at radius 3 is 2.73 bits per heavy atom. The minimum atomic E-state index is -4.51. The molecule has 15 heavy (non-hydrogen) atoms. The van der Waals surface area contributed by atoms with Crippen LogP contribution in [-0.4, -0.2) is 26.9 Å². The average molecular weight is 235 g/mol. The van der Waals surface area contributed by atoms with Gasteiger partial charge in [0.25, 0.3) is 0 Å². The summed E-state index contributed by atoms with van der Waals surface area (Å²) in [6, 6.07) is 0.0763. The number of aromatic nitrogens is 2. The van der Waals surface area contributed by atoms with E-state index in [1.807, 2.05) is 0 Å². The van der Waals surface area contributed by atoms with Crippen molar-refractivity contribution >= 4 is 13.6 Å². The zero-order valence-electron chi connectivity index (χ0n) is 7.82. The lowest BCUT2D eigenvalue weighted by Gasteiger charge is -2.07. The maximum Gasteiger partial charge on any atom is 0.469 e. The number of hydrogen-bond donors (Lipinski definition) is 3. The summed E-state index contributed by atoms with van der Waals surface area (Å²) in [5.41, 5.74) is 5.74. The van der Waals surface area contributed by atoms with Crippen LogP contribution < -0.4 is 10.5 Å². The summed E-state index contributed by atoms with van der Waals surface area (Å²) in [5, 5.41) is 0. The molecule has 0 aliphatic heterocycles. The Morgan fingerprint density at radius 2 is 2.27 bits per heavy atom. The maximum atomic E-state index is 10.4. The van der Waals surface area contributed by atoms with E-state index in [-0.39, 0.29) is 24.0 Å². The van der Waals surface area contributed by atoms with Crippen molar-refractivity contribution < 1.29 is 23.6 Å². The topological polar surface area (TPSA) is 128 Å². The number of phosphoric ester groups is 1. The predicted molar refractivity (Wildman–Crippen MR) is 49.8 cm³/mol. The van der Waals surface area contributed by atoms with E-state index in [0.717, 1.165) is 0 Å². The highest BCUT2D eigenvalue weighted by Crippen LogP contribution is 2.37. The first-order valence-corrected chi connectivity index (χ1v) is 5.31. The number of rotatable bonds is 4. The van der Waals surface area contributed by atoms with E-state index in [2.05, 4.69) is 14.5 Å². The van der Waals surface area contributed by atoms with Crippen LogP contribution in [0.2, 0.25) is 0 Å². The second-order valence-electron chi connectivity index (χ2n) is 2.53. The summed E-state index contributed by atoms with van der Waals surface area (Å²) < 4.78 is 19.3. The van der Waals surface area contributed by atoms with Crippen molar-refractivity contribution in [3.8, 4) is 6.01 Å². The van der Waals surface area contributed by atoms with E-state index >= 15 is 0 Å². The molecule has 0 radical (unpaired) electrons. The van der Waals surface area contributed by atoms with Crippen molar-refractivity contribution in [2.75, 3.05) is 12.8 Å². The van der Waals surface area contributed by atoms with Crippen molar-refractivity contribution in [2.24, 2.45) is 0 Å². The molecule has 0 bridgehead atoms. The molecule has 0 spiro atoms. The predicted octanol–water partition coefficient (Wildman–Crippen LogP) is -0.323. The lowest BCUT2D eigenvalue weighted by molar-refractivity contribution is 0.189. The van der Waals surface area contributed by atoms with E-state index in [0.29, 0.717) is 0 Å². The number of methoxy groups -OCH3 is 1. The molecule has 0 fully saturated rings. The molecule has 4 N–H and O–H groups in total. The smallest absolute Gasteiger partial charge is 0.467 e. The quantitative estimate of drug-likeness (QED) is 0.605. The van der Waals surface area contributed by atoms with Gasteiger partial charge in [0.05, 0.1) is 13.7 Å². The molecular formula is C6H10N3O5P. The van der Waals surface area contributed by atoms with Gasteiger partial charge in [0.2, 0.25) is 0 Å². The average Bonchev–Trinajstić information content (AvgIpc) is 2.14. The molecule has 0 saturated carbocycles. The van der Waals surface area contributed by atoms with Gasteiger partial charge in [-0.15, -0.1) is 0 Å². The fourth-order valence-corrected chi connectivity index (χ4v) is 1.07.